The molecule has 0 aliphatic carbocycles. The van der Waals surface area contributed by atoms with Gasteiger partial charge in [-0.05, 0) is 11.8 Å². The molecule has 3 heteroatoms. The third-order valence-corrected chi connectivity index (χ3v) is 4.23. The first-order valence-corrected chi connectivity index (χ1v) is 5.71. The third kappa shape index (κ3) is 2.06. The van der Waals surface area contributed by atoms with Gasteiger partial charge in [-0.15, -0.1) is 0 Å². The molecule has 4 atom stereocenters. The fourth-order valence-corrected chi connectivity index (χ4v) is 2.06. The first-order valence-electron chi connectivity index (χ1n) is 4.79. The van der Waals surface area contributed by atoms with Crippen LogP contribution in [0.2, 0.25) is 0 Å². The highest BCUT2D eigenvalue weighted by molar-refractivity contribution is 9.10. The molecule has 0 N–H and O–H groups in total. The normalized spacial score (nSPS) is 36.5. The van der Waals surface area contributed by atoms with E-state index in [1.807, 2.05) is 0 Å². The topological polar surface area (TPSA) is 26.3 Å². The summed E-state index contributed by atoms with van der Waals surface area (Å²) in [5.74, 6) is 1.16. The molecule has 2 nitrogen and oxygen atoms in total. The lowest BCUT2D eigenvalue weighted by Crippen LogP contribution is -2.28. The lowest BCUT2D eigenvalue weighted by atomic mass is 9.86. The van der Waals surface area contributed by atoms with Crippen LogP contribution < -0.4 is 0 Å². The van der Waals surface area contributed by atoms with Crippen LogP contribution in [0.1, 0.15) is 27.7 Å². The van der Waals surface area contributed by atoms with E-state index >= 15 is 0 Å². The molecular formula is C10H17BrO2. The Hall–Kier alpha value is -0.0500. The van der Waals surface area contributed by atoms with Crippen molar-refractivity contribution in [3.63, 3.8) is 0 Å². The summed E-state index contributed by atoms with van der Waals surface area (Å²) in [6.07, 6.45) is 0.0804. The number of hydrogen-bond acceptors (Lipinski definition) is 2. The number of carbonyl (C=O) groups excluding carboxylic acids is 1. The van der Waals surface area contributed by atoms with Gasteiger partial charge in [-0.2, -0.15) is 0 Å². The van der Waals surface area contributed by atoms with Crippen LogP contribution in [-0.4, -0.2) is 16.9 Å². The zero-order chi connectivity index (χ0) is 10.2. The number of carbonyl (C=O) groups is 1. The van der Waals surface area contributed by atoms with Crippen LogP contribution in [0, 0.1) is 17.8 Å². The van der Waals surface area contributed by atoms with Crippen molar-refractivity contribution in [1.29, 1.82) is 0 Å². The van der Waals surface area contributed by atoms with E-state index in [9.17, 15) is 4.79 Å². The Morgan fingerprint density at radius 1 is 1.38 bits per heavy atom. The average molecular weight is 249 g/mol. The van der Waals surface area contributed by atoms with Crippen LogP contribution in [0.25, 0.3) is 0 Å². The van der Waals surface area contributed by atoms with Gasteiger partial charge < -0.3 is 4.74 Å². The molecule has 1 aliphatic heterocycles. The molecule has 13 heavy (non-hydrogen) atoms. The Morgan fingerprint density at radius 2 is 1.92 bits per heavy atom. The number of cyclic esters (lactones) is 1. The highest BCUT2D eigenvalue weighted by Crippen LogP contribution is 2.34. The van der Waals surface area contributed by atoms with Crippen LogP contribution in [0.4, 0.5) is 0 Å². The Morgan fingerprint density at radius 3 is 2.23 bits per heavy atom. The molecule has 1 fully saturated rings. The summed E-state index contributed by atoms with van der Waals surface area (Å²) in [6.45, 7) is 8.53. The number of esters is 1. The Balaban J connectivity index is 2.68. The van der Waals surface area contributed by atoms with Crippen molar-refractivity contribution in [2.45, 2.75) is 38.6 Å². The molecular weight excluding hydrogens is 232 g/mol. The van der Waals surface area contributed by atoms with Gasteiger partial charge in [0.05, 0.1) is 0 Å². The Bertz CT molecular complexity index is 203. The van der Waals surface area contributed by atoms with Gasteiger partial charge in [-0.1, -0.05) is 43.6 Å². The molecule has 0 bridgehead atoms. The summed E-state index contributed by atoms with van der Waals surface area (Å²) < 4.78 is 5.32. The summed E-state index contributed by atoms with van der Waals surface area (Å²) in [6, 6.07) is 0. The van der Waals surface area contributed by atoms with Gasteiger partial charge in [0.15, 0.2) is 0 Å². The van der Waals surface area contributed by atoms with Crippen molar-refractivity contribution in [2.24, 2.45) is 17.8 Å². The van der Waals surface area contributed by atoms with E-state index < -0.39 is 0 Å². The van der Waals surface area contributed by atoms with E-state index in [2.05, 4.69) is 43.6 Å². The summed E-state index contributed by atoms with van der Waals surface area (Å²) in [7, 11) is 0. The maximum absolute atomic E-state index is 11.3. The number of alkyl halides is 1. The van der Waals surface area contributed by atoms with Crippen molar-refractivity contribution in [1.82, 2.24) is 0 Å². The number of rotatable bonds is 2. The fourth-order valence-electron chi connectivity index (χ4n) is 1.65. The molecule has 1 rings (SSSR count). The van der Waals surface area contributed by atoms with Gasteiger partial charge in [-0.3, -0.25) is 4.79 Å². The van der Waals surface area contributed by atoms with E-state index in [1.165, 1.54) is 0 Å². The second-order valence-corrected chi connectivity index (χ2v) is 5.25. The largest absolute Gasteiger partial charge is 0.461 e. The highest BCUT2D eigenvalue weighted by Gasteiger charge is 2.43. The van der Waals surface area contributed by atoms with Crippen molar-refractivity contribution in [3.05, 3.63) is 0 Å². The van der Waals surface area contributed by atoms with Crippen LogP contribution >= 0.6 is 15.9 Å². The second kappa shape index (κ2) is 3.99. The zero-order valence-electron chi connectivity index (χ0n) is 8.58. The smallest absolute Gasteiger partial charge is 0.320 e. The molecule has 0 radical (unpaired) electrons. The molecule has 0 aromatic rings. The minimum Gasteiger partial charge on any atom is -0.461 e. The van der Waals surface area contributed by atoms with Gasteiger partial charge in [0.1, 0.15) is 10.9 Å². The van der Waals surface area contributed by atoms with E-state index in [4.69, 9.17) is 4.74 Å². The predicted octanol–water partition coefficient (Wildman–Crippen LogP) is 2.60. The molecule has 1 aliphatic rings. The standard InChI is InChI=1S/C10H17BrO2/c1-5(2)6(3)9-7(4)8(11)10(12)13-9/h5-9H,1-4H3/t6-,7+,8+,9-/m0/s1. The molecule has 76 valence electrons. The second-order valence-electron chi connectivity index (χ2n) is 4.27. The highest BCUT2D eigenvalue weighted by atomic mass is 79.9. The lowest BCUT2D eigenvalue weighted by molar-refractivity contribution is -0.143. The fraction of sp³-hybridized carbons (Fsp3) is 0.900. The monoisotopic (exact) mass is 248 g/mol. The summed E-state index contributed by atoms with van der Waals surface area (Å²) in [4.78, 5) is 11.1. The Labute approximate surface area is 88.2 Å². The average Bonchev–Trinajstić information content (AvgIpc) is 2.31. The maximum atomic E-state index is 11.3. The van der Waals surface area contributed by atoms with Crippen LogP contribution in [0.5, 0.6) is 0 Å². The van der Waals surface area contributed by atoms with Crippen LogP contribution in [-0.2, 0) is 9.53 Å². The lowest BCUT2D eigenvalue weighted by Gasteiger charge is -2.24. The van der Waals surface area contributed by atoms with Crippen molar-refractivity contribution in [2.75, 3.05) is 0 Å². The number of ether oxygens (including phenoxy) is 1. The molecule has 0 saturated carbocycles. The van der Waals surface area contributed by atoms with E-state index in [0.717, 1.165) is 0 Å². The van der Waals surface area contributed by atoms with Crippen LogP contribution in [0.15, 0.2) is 0 Å². The number of halogens is 1. The molecule has 1 saturated heterocycles. The van der Waals surface area contributed by atoms with Gasteiger partial charge in [0.25, 0.3) is 0 Å². The minimum atomic E-state index is -0.112. The summed E-state index contributed by atoms with van der Waals surface area (Å²) in [5.41, 5.74) is 0. The quantitative estimate of drug-likeness (QED) is 0.555. The molecule has 0 unspecified atom stereocenters. The summed E-state index contributed by atoms with van der Waals surface area (Å²) in [5, 5.41) is 0. The number of hydrogen-bond donors (Lipinski definition) is 0. The predicted molar refractivity (Wildman–Crippen MR) is 55.8 cm³/mol. The van der Waals surface area contributed by atoms with Gasteiger partial charge in [0.2, 0.25) is 0 Å². The van der Waals surface area contributed by atoms with Gasteiger partial charge >= 0.3 is 5.97 Å². The summed E-state index contributed by atoms with van der Waals surface area (Å²) >= 11 is 3.35. The zero-order valence-corrected chi connectivity index (χ0v) is 10.2. The SMILES string of the molecule is CC(C)[C@H](C)[C@@H]1OC(=O)[C@H](Br)[C@H]1C. The van der Waals surface area contributed by atoms with Gasteiger partial charge in [-0.25, -0.2) is 0 Å². The van der Waals surface area contributed by atoms with Crippen LogP contribution in [0.3, 0.4) is 0 Å². The first kappa shape index (κ1) is 11.0. The first-order chi connectivity index (χ1) is 5.95. The molecule has 0 spiro atoms. The maximum Gasteiger partial charge on any atom is 0.320 e. The third-order valence-electron chi connectivity index (χ3n) is 3.03. The van der Waals surface area contributed by atoms with Crippen molar-refractivity contribution in [3.8, 4) is 0 Å². The molecule has 1 heterocycles. The molecule has 0 aromatic heterocycles. The Kier molecular flexibility index (Phi) is 3.38. The van der Waals surface area contributed by atoms with E-state index in [1.54, 1.807) is 0 Å². The minimum absolute atomic E-state index is 0.0804. The van der Waals surface area contributed by atoms with Crippen molar-refractivity contribution < 1.29 is 9.53 Å². The molecule has 0 aromatic carbocycles. The van der Waals surface area contributed by atoms with Crippen molar-refractivity contribution >= 4 is 21.9 Å². The molecule has 0 amide bonds. The van der Waals surface area contributed by atoms with E-state index in [0.29, 0.717) is 11.8 Å². The van der Waals surface area contributed by atoms with Gasteiger partial charge in [0, 0.05) is 5.92 Å². The van der Waals surface area contributed by atoms with E-state index in [-0.39, 0.29) is 22.8 Å².